The lowest BCUT2D eigenvalue weighted by Crippen LogP contribution is -2.34. The molecule has 0 atom stereocenters. The molecule has 0 saturated heterocycles. The van der Waals surface area contributed by atoms with Crippen molar-refractivity contribution >= 4 is 39.7 Å². The number of hydrogen-bond donors (Lipinski definition) is 3. The van der Waals surface area contributed by atoms with Crippen molar-refractivity contribution in [2.24, 2.45) is 0 Å². The van der Waals surface area contributed by atoms with Gasteiger partial charge in [-0.15, -0.1) is 0 Å². The molecule has 0 unspecified atom stereocenters. The average Bonchev–Trinajstić information content (AvgIpc) is 2.66. The van der Waals surface area contributed by atoms with E-state index in [-0.39, 0.29) is 16.8 Å². The molecule has 0 saturated carbocycles. The van der Waals surface area contributed by atoms with Crippen molar-refractivity contribution in [2.75, 3.05) is 11.9 Å². The van der Waals surface area contributed by atoms with Crippen molar-refractivity contribution in [2.45, 2.75) is 13.3 Å². The van der Waals surface area contributed by atoms with Crippen LogP contribution >= 0.6 is 12.2 Å². The fourth-order valence-electron chi connectivity index (χ4n) is 2.66. The molecule has 0 bridgehead atoms. The SMILES string of the molecule is CCCOc1cccc(C(=O)NC(=S)Nc2cccc3cc(O)ccc23)c1. The minimum absolute atomic E-state index is 0.195. The summed E-state index contributed by atoms with van der Waals surface area (Å²) in [5.41, 5.74) is 1.22. The number of phenolic OH excluding ortho intramolecular Hbond substituents is 1. The minimum Gasteiger partial charge on any atom is -0.508 e. The van der Waals surface area contributed by atoms with Gasteiger partial charge in [0.25, 0.3) is 5.91 Å². The van der Waals surface area contributed by atoms with Crippen LogP contribution in [0.5, 0.6) is 11.5 Å². The Bertz CT molecular complexity index is 988. The second-order valence-electron chi connectivity index (χ2n) is 6.00. The average molecular weight is 380 g/mol. The first-order valence-electron chi connectivity index (χ1n) is 8.64. The summed E-state index contributed by atoms with van der Waals surface area (Å²) in [5, 5.41) is 17.3. The minimum atomic E-state index is -0.313. The van der Waals surface area contributed by atoms with Crippen molar-refractivity contribution < 1.29 is 14.6 Å². The van der Waals surface area contributed by atoms with Crippen LogP contribution in [0, 0.1) is 0 Å². The fourth-order valence-corrected chi connectivity index (χ4v) is 2.86. The van der Waals surface area contributed by atoms with E-state index in [4.69, 9.17) is 17.0 Å². The van der Waals surface area contributed by atoms with Gasteiger partial charge < -0.3 is 15.2 Å². The first-order valence-corrected chi connectivity index (χ1v) is 9.04. The molecule has 0 radical (unpaired) electrons. The summed E-state index contributed by atoms with van der Waals surface area (Å²) in [4.78, 5) is 12.5. The fraction of sp³-hybridized carbons (Fsp3) is 0.143. The number of phenols is 1. The number of thiocarbonyl (C=S) groups is 1. The predicted molar refractivity (Wildman–Crippen MR) is 112 cm³/mol. The largest absolute Gasteiger partial charge is 0.508 e. The number of rotatable bonds is 5. The van der Waals surface area contributed by atoms with Crippen molar-refractivity contribution in [3.63, 3.8) is 0 Å². The zero-order valence-electron chi connectivity index (χ0n) is 14.9. The summed E-state index contributed by atoms with van der Waals surface area (Å²) in [6.07, 6.45) is 0.896. The number of carbonyl (C=O) groups is 1. The Labute approximate surface area is 163 Å². The zero-order chi connectivity index (χ0) is 19.2. The number of anilines is 1. The molecule has 27 heavy (non-hydrogen) atoms. The van der Waals surface area contributed by atoms with E-state index in [0.29, 0.717) is 17.9 Å². The van der Waals surface area contributed by atoms with Crippen LogP contribution in [0.1, 0.15) is 23.7 Å². The van der Waals surface area contributed by atoms with Gasteiger partial charge in [-0.2, -0.15) is 0 Å². The highest BCUT2D eigenvalue weighted by Gasteiger charge is 2.10. The summed E-state index contributed by atoms with van der Waals surface area (Å²) in [7, 11) is 0. The first kappa shape index (κ1) is 18.7. The van der Waals surface area contributed by atoms with E-state index in [1.165, 1.54) is 0 Å². The van der Waals surface area contributed by atoms with Gasteiger partial charge in [0.15, 0.2) is 5.11 Å². The molecule has 6 heteroatoms. The maximum Gasteiger partial charge on any atom is 0.257 e. The second kappa shape index (κ2) is 8.51. The van der Waals surface area contributed by atoms with Crippen LogP contribution in [0.4, 0.5) is 5.69 Å². The highest BCUT2D eigenvalue weighted by atomic mass is 32.1. The van der Waals surface area contributed by atoms with E-state index < -0.39 is 0 Å². The van der Waals surface area contributed by atoms with Crippen LogP contribution < -0.4 is 15.4 Å². The number of aromatic hydroxyl groups is 1. The third-order valence-electron chi connectivity index (χ3n) is 3.91. The molecular weight excluding hydrogens is 360 g/mol. The lowest BCUT2D eigenvalue weighted by molar-refractivity contribution is 0.0977. The van der Waals surface area contributed by atoms with Gasteiger partial charge in [-0.1, -0.05) is 25.1 Å². The molecule has 0 fully saturated rings. The standard InChI is InChI=1S/C21H20N2O3S/c1-2-11-26-17-7-3-6-15(13-17)20(25)23-21(27)22-19-8-4-5-14-12-16(24)9-10-18(14)19/h3-10,12-13,24H,2,11H2,1H3,(H2,22,23,25,27). The number of amides is 1. The number of nitrogens with one attached hydrogen (secondary N) is 2. The van der Waals surface area contributed by atoms with Gasteiger partial charge in [0.05, 0.1) is 6.61 Å². The van der Waals surface area contributed by atoms with Gasteiger partial charge in [0.2, 0.25) is 0 Å². The summed E-state index contributed by atoms with van der Waals surface area (Å²) < 4.78 is 5.56. The van der Waals surface area contributed by atoms with Crippen molar-refractivity contribution in [1.82, 2.24) is 5.32 Å². The van der Waals surface area contributed by atoms with Gasteiger partial charge in [0, 0.05) is 16.6 Å². The van der Waals surface area contributed by atoms with Crippen molar-refractivity contribution in [3.05, 3.63) is 66.2 Å². The van der Waals surface area contributed by atoms with E-state index in [2.05, 4.69) is 10.6 Å². The molecular formula is C21H20N2O3S. The Morgan fingerprint density at radius 3 is 2.74 bits per heavy atom. The van der Waals surface area contributed by atoms with Crippen LogP contribution in [0.3, 0.4) is 0 Å². The number of ether oxygens (including phenoxy) is 1. The molecule has 0 aliphatic carbocycles. The van der Waals surface area contributed by atoms with Crippen LogP contribution in [0.2, 0.25) is 0 Å². The summed E-state index contributed by atoms with van der Waals surface area (Å²) >= 11 is 5.28. The number of hydrogen-bond acceptors (Lipinski definition) is 4. The van der Waals surface area contributed by atoms with E-state index >= 15 is 0 Å². The number of fused-ring (bicyclic) bond motifs is 1. The van der Waals surface area contributed by atoms with Gasteiger partial charge in [-0.3, -0.25) is 10.1 Å². The molecule has 0 heterocycles. The normalized spacial score (nSPS) is 10.4. The third kappa shape index (κ3) is 4.74. The molecule has 0 aromatic heterocycles. The summed E-state index contributed by atoms with van der Waals surface area (Å²) in [6, 6.07) is 17.7. The van der Waals surface area contributed by atoms with Crippen LogP contribution in [-0.2, 0) is 0 Å². The Hall–Kier alpha value is -3.12. The van der Waals surface area contributed by atoms with Crippen LogP contribution in [-0.4, -0.2) is 22.7 Å². The quantitative estimate of drug-likeness (QED) is 0.570. The highest BCUT2D eigenvalue weighted by molar-refractivity contribution is 7.80. The lowest BCUT2D eigenvalue weighted by atomic mass is 10.1. The van der Waals surface area contributed by atoms with Gasteiger partial charge in [-0.05, 0) is 66.5 Å². The van der Waals surface area contributed by atoms with Crippen molar-refractivity contribution in [1.29, 1.82) is 0 Å². The zero-order valence-corrected chi connectivity index (χ0v) is 15.7. The smallest absolute Gasteiger partial charge is 0.257 e. The van der Waals surface area contributed by atoms with Crippen LogP contribution in [0.15, 0.2) is 60.7 Å². The van der Waals surface area contributed by atoms with Gasteiger partial charge in [0.1, 0.15) is 11.5 Å². The summed E-state index contributed by atoms with van der Waals surface area (Å²) in [5.74, 6) is 0.533. The van der Waals surface area contributed by atoms with Gasteiger partial charge in [-0.25, -0.2) is 0 Å². The molecule has 0 aliphatic heterocycles. The Balaban J connectivity index is 1.70. The van der Waals surface area contributed by atoms with Crippen LogP contribution in [0.25, 0.3) is 10.8 Å². The van der Waals surface area contributed by atoms with E-state index in [1.54, 1.807) is 36.4 Å². The second-order valence-corrected chi connectivity index (χ2v) is 6.40. The first-order chi connectivity index (χ1) is 13.1. The molecule has 5 nitrogen and oxygen atoms in total. The highest BCUT2D eigenvalue weighted by Crippen LogP contribution is 2.26. The van der Waals surface area contributed by atoms with Gasteiger partial charge >= 0.3 is 0 Å². The summed E-state index contributed by atoms with van der Waals surface area (Å²) in [6.45, 7) is 2.62. The maximum absolute atomic E-state index is 12.5. The Morgan fingerprint density at radius 2 is 1.93 bits per heavy atom. The molecule has 3 aromatic carbocycles. The Morgan fingerprint density at radius 1 is 1.11 bits per heavy atom. The van der Waals surface area contributed by atoms with Crippen molar-refractivity contribution in [3.8, 4) is 11.5 Å². The molecule has 0 aliphatic rings. The Kier molecular flexibility index (Phi) is 5.88. The molecule has 3 N–H and O–H groups in total. The number of carbonyl (C=O) groups excluding carboxylic acids is 1. The van der Waals surface area contributed by atoms with E-state index in [9.17, 15) is 9.90 Å². The maximum atomic E-state index is 12.5. The molecule has 3 rings (SSSR count). The molecule has 0 spiro atoms. The van der Waals surface area contributed by atoms with E-state index in [0.717, 1.165) is 22.9 Å². The van der Waals surface area contributed by atoms with E-state index in [1.807, 2.05) is 31.2 Å². The predicted octanol–water partition coefficient (Wildman–Crippen LogP) is 4.46. The number of benzene rings is 3. The monoisotopic (exact) mass is 380 g/mol. The lowest BCUT2D eigenvalue weighted by Gasteiger charge is -2.12. The topological polar surface area (TPSA) is 70.6 Å². The third-order valence-corrected chi connectivity index (χ3v) is 4.11. The molecule has 138 valence electrons. The molecule has 1 amide bonds. The molecule has 3 aromatic rings.